The SMILES string of the molecule is c1ccc(-c2c3ccc4c5c(ccc(c35)c3c5ccccc5n(-c5ccccc5)c23)c(-c2ccccc2)c2c4c3ccccc3n2-c2ccccc2)cc1. The third-order valence-electron chi connectivity index (χ3n) is 11.6. The maximum Gasteiger partial charge on any atom is 0.0631 e. The minimum Gasteiger partial charge on any atom is -0.309 e. The molecule has 0 aliphatic carbocycles. The quantitative estimate of drug-likeness (QED) is 0.163. The normalized spacial score (nSPS) is 12.1. The van der Waals surface area contributed by atoms with Crippen LogP contribution in [0, 0.1) is 0 Å². The van der Waals surface area contributed by atoms with E-state index in [1.54, 1.807) is 0 Å². The summed E-state index contributed by atoms with van der Waals surface area (Å²) >= 11 is 0. The van der Waals surface area contributed by atoms with E-state index in [4.69, 9.17) is 0 Å². The van der Waals surface area contributed by atoms with Gasteiger partial charge in [-0.3, -0.25) is 0 Å². The average Bonchev–Trinajstić information content (AvgIpc) is 3.77. The lowest BCUT2D eigenvalue weighted by molar-refractivity contribution is 1.18. The van der Waals surface area contributed by atoms with Crippen molar-refractivity contribution in [2.24, 2.45) is 0 Å². The molecule has 0 N–H and O–H groups in total. The number of nitrogens with zero attached hydrogens (tertiary/aromatic N) is 2. The molecule has 2 heteroatoms. The third-order valence-corrected chi connectivity index (χ3v) is 11.6. The molecule has 0 bridgehead atoms. The van der Waals surface area contributed by atoms with Crippen molar-refractivity contribution in [3.63, 3.8) is 0 Å². The minimum absolute atomic E-state index is 1.16. The Kier molecular flexibility index (Phi) is 6.09. The van der Waals surface area contributed by atoms with Crippen molar-refractivity contribution in [3.05, 3.63) is 194 Å². The minimum atomic E-state index is 1.16. The predicted octanol–water partition coefficient (Wildman–Crippen LogP) is 14.1. The standard InChI is InChI=1S/C52H32N2/c1-5-17-33(18-6-1)45-39-29-31-42-48-40(30-32-41(47(39)48)49-37-25-13-15-27-43(37)53(51(45)49)35-21-9-3-10-22-35)46(34-19-7-2-8-20-34)52-50(42)38-26-14-16-28-44(38)54(52)36-23-11-4-12-24-36/h1-32H. The van der Waals surface area contributed by atoms with Gasteiger partial charge in [-0.1, -0.05) is 158 Å². The smallest absolute Gasteiger partial charge is 0.0631 e. The summed E-state index contributed by atoms with van der Waals surface area (Å²) in [4.78, 5) is 0. The van der Waals surface area contributed by atoms with Crippen LogP contribution in [0.3, 0.4) is 0 Å². The van der Waals surface area contributed by atoms with E-state index in [1.807, 2.05) is 0 Å². The van der Waals surface area contributed by atoms with E-state index >= 15 is 0 Å². The second-order valence-electron chi connectivity index (χ2n) is 14.4. The lowest BCUT2D eigenvalue weighted by Gasteiger charge is -2.21. The van der Waals surface area contributed by atoms with E-state index in [0.29, 0.717) is 0 Å². The van der Waals surface area contributed by atoms with Crippen molar-refractivity contribution in [1.82, 2.24) is 9.13 Å². The first-order chi connectivity index (χ1) is 26.9. The second kappa shape index (κ2) is 11.2. The van der Waals surface area contributed by atoms with Crippen LogP contribution in [0.5, 0.6) is 0 Å². The molecule has 12 aromatic rings. The molecular formula is C52H32N2. The summed E-state index contributed by atoms with van der Waals surface area (Å²) in [7, 11) is 0. The van der Waals surface area contributed by atoms with E-state index < -0.39 is 0 Å². The van der Waals surface area contributed by atoms with Crippen LogP contribution in [0.1, 0.15) is 0 Å². The predicted molar refractivity (Wildman–Crippen MR) is 230 cm³/mol. The molecule has 250 valence electrons. The number of hydrogen-bond donors (Lipinski definition) is 0. The molecule has 0 saturated heterocycles. The monoisotopic (exact) mass is 684 g/mol. The van der Waals surface area contributed by atoms with Gasteiger partial charge in [0.2, 0.25) is 0 Å². The molecule has 0 saturated carbocycles. The van der Waals surface area contributed by atoms with Gasteiger partial charge >= 0.3 is 0 Å². The summed E-state index contributed by atoms with van der Waals surface area (Å²) in [5, 5.41) is 12.9. The highest BCUT2D eigenvalue weighted by molar-refractivity contribution is 6.42. The van der Waals surface area contributed by atoms with Gasteiger partial charge in [0.05, 0.1) is 22.1 Å². The van der Waals surface area contributed by atoms with Crippen molar-refractivity contribution in [1.29, 1.82) is 0 Å². The number of hydrogen-bond acceptors (Lipinski definition) is 0. The van der Waals surface area contributed by atoms with Gasteiger partial charge < -0.3 is 9.13 Å². The average molecular weight is 685 g/mol. The van der Waals surface area contributed by atoms with Crippen molar-refractivity contribution in [3.8, 4) is 33.6 Å². The molecule has 54 heavy (non-hydrogen) atoms. The highest BCUT2D eigenvalue weighted by atomic mass is 15.0. The molecule has 0 aliphatic rings. The van der Waals surface area contributed by atoms with Crippen molar-refractivity contribution in [2.45, 2.75) is 0 Å². The largest absolute Gasteiger partial charge is 0.309 e. The van der Waals surface area contributed by atoms with E-state index in [1.165, 1.54) is 98.2 Å². The zero-order valence-electron chi connectivity index (χ0n) is 29.4. The zero-order chi connectivity index (χ0) is 35.3. The van der Waals surface area contributed by atoms with E-state index in [2.05, 4.69) is 203 Å². The Morgan fingerprint density at radius 1 is 0.241 bits per heavy atom. The fraction of sp³-hybridized carbons (Fsp3) is 0. The number of fused-ring (bicyclic) bond motifs is 8. The molecular weight excluding hydrogens is 653 g/mol. The first-order valence-electron chi connectivity index (χ1n) is 18.7. The van der Waals surface area contributed by atoms with Crippen LogP contribution < -0.4 is 0 Å². The van der Waals surface area contributed by atoms with Crippen molar-refractivity contribution in [2.75, 3.05) is 0 Å². The highest BCUT2D eigenvalue weighted by Crippen LogP contribution is 2.53. The summed E-state index contributed by atoms with van der Waals surface area (Å²) in [6.45, 7) is 0. The van der Waals surface area contributed by atoms with Gasteiger partial charge in [0.15, 0.2) is 0 Å². The van der Waals surface area contributed by atoms with Gasteiger partial charge in [0, 0.05) is 44.0 Å². The topological polar surface area (TPSA) is 9.86 Å². The van der Waals surface area contributed by atoms with Gasteiger partial charge in [-0.2, -0.15) is 0 Å². The van der Waals surface area contributed by atoms with Gasteiger partial charge in [-0.25, -0.2) is 0 Å². The molecule has 0 fully saturated rings. The van der Waals surface area contributed by atoms with E-state index in [-0.39, 0.29) is 0 Å². The van der Waals surface area contributed by atoms with Crippen LogP contribution in [-0.2, 0) is 0 Å². The van der Waals surface area contributed by atoms with Gasteiger partial charge in [-0.05, 0) is 79.8 Å². The van der Waals surface area contributed by atoms with Crippen LogP contribution >= 0.6 is 0 Å². The van der Waals surface area contributed by atoms with Crippen LogP contribution in [0.4, 0.5) is 0 Å². The second-order valence-corrected chi connectivity index (χ2v) is 14.4. The Balaban J connectivity index is 1.39. The molecule has 0 spiro atoms. The number of para-hydroxylation sites is 4. The van der Waals surface area contributed by atoms with Crippen LogP contribution in [0.2, 0.25) is 0 Å². The maximum atomic E-state index is 2.49. The maximum absolute atomic E-state index is 2.49. The number of aromatic nitrogens is 2. The summed E-state index contributed by atoms with van der Waals surface area (Å²) in [6, 6.07) is 71.3. The first kappa shape index (κ1) is 29.4. The van der Waals surface area contributed by atoms with E-state index in [9.17, 15) is 0 Å². The highest BCUT2D eigenvalue weighted by Gasteiger charge is 2.27. The molecule has 2 nitrogen and oxygen atoms in total. The van der Waals surface area contributed by atoms with Crippen LogP contribution in [0.25, 0.3) is 110 Å². The van der Waals surface area contributed by atoms with Crippen LogP contribution in [-0.4, -0.2) is 9.13 Å². The molecule has 0 aliphatic heterocycles. The summed E-state index contributed by atoms with van der Waals surface area (Å²) in [6.07, 6.45) is 0. The van der Waals surface area contributed by atoms with E-state index in [0.717, 1.165) is 11.4 Å². The van der Waals surface area contributed by atoms with Gasteiger partial charge in [-0.15, -0.1) is 0 Å². The van der Waals surface area contributed by atoms with Crippen LogP contribution in [0.15, 0.2) is 194 Å². The first-order valence-corrected chi connectivity index (χ1v) is 18.7. The molecule has 0 amide bonds. The lowest BCUT2D eigenvalue weighted by Crippen LogP contribution is -1.98. The van der Waals surface area contributed by atoms with Crippen molar-refractivity contribution >= 4 is 75.9 Å². The molecule has 10 aromatic carbocycles. The van der Waals surface area contributed by atoms with Gasteiger partial charge in [0.25, 0.3) is 0 Å². The summed E-state index contributed by atoms with van der Waals surface area (Å²) < 4.78 is 4.98. The molecule has 0 unspecified atom stereocenters. The molecule has 12 rings (SSSR count). The summed E-state index contributed by atoms with van der Waals surface area (Å²) in [5.74, 6) is 0. The Bertz CT molecular complexity index is 3160. The molecule has 0 atom stereocenters. The van der Waals surface area contributed by atoms with Crippen molar-refractivity contribution < 1.29 is 0 Å². The molecule has 0 radical (unpaired) electrons. The fourth-order valence-corrected chi connectivity index (χ4v) is 9.57. The third kappa shape index (κ3) is 3.89. The lowest BCUT2D eigenvalue weighted by atomic mass is 9.83. The number of rotatable bonds is 4. The zero-order valence-corrected chi connectivity index (χ0v) is 29.4. The Morgan fingerprint density at radius 3 is 0.981 bits per heavy atom. The number of benzene rings is 10. The fourth-order valence-electron chi connectivity index (χ4n) is 9.57. The Labute approximate surface area is 311 Å². The summed E-state index contributed by atoms with van der Waals surface area (Å²) in [5.41, 5.74) is 12.2. The Hall–Kier alpha value is -7.16. The Morgan fingerprint density at radius 2 is 0.574 bits per heavy atom. The molecule has 2 aromatic heterocycles. The molecule has 2 heterocycles. The van der Waals surface area contributed by atoms with Gasteiger partial charge in [0.1, 0.15) is 0 Å².